The summed E-state index contributed by atoms with van der Waals surface area (Å²) in [6.45, 7) is 3.29. The molecule has 0 saturated heterocycles. The second-order valence-electron chi connectivity index (χ2n) is 8.75. The van der Waals surface area contributed by atoms with Crippen LogP contribution in [0.3, 0.4) is 0 Å². The van der Waals surface area contributed by atoms with Crippen LogP contribution in [-0.4, -0.2) is 34.5 Å². The molecule has 0 bridgehead atoms. The normalized spacial score (nSPS) is 21.8. The summed E-state index contributed by atoms with van der Waals surface area (Å²) in [4.78, 5) is 26.6. The lowest BCUT2D eigenvalue weighted by Crippen LogP contribution is -2.46. The van der Waals surface area contributed by atoms with E-state index < -0.39 is 11.9 Å². The van der Waals surface area contributed by atoms with Gasteiger partial charge >= 0.3 is 11.9 Å². The number of benzene rings is 1. The van der Waals surface area contributed by atoms with Crippen molar-refractivity contribution in [2.24, 2.45) is 0 Å². The first-order valence-corrected chi connectivity index (χ1v) is 11.3. The van der Waals surface area contributed by atoms with Gasteiger partial charge in [0.1, 0.15) is 0 Å². The van der Waals surface area contributed by atoms with Gasteiger partial charge in [0.2, 0.25) is 0 Å². The van der Waals surface area contributed by atoms with Crippen LogP contribution >= 0.6 is 0 Å². The van der Waals surface area contributed by atoms with Gasteiger partial charge in [-0.3, -0.25) is 4.79 Å². The van der Waals surface area contributed by atoms with Crippen molar-refractivity contribution in [3.05, 3.63) is 35.0 Å². The van der Waals surface area contributed by atoms with E-state index in [0.29, 0.717) is 12.5 Å². The monoisotopic (exact) mass is 394 g/mol. The minimum Gasteiger partial charge on any atom is -0.459 e. The molecule has 154 valence electrons. The number of carbonyl (C=O) groups excluding carboxylic acids is 2. The van der Waals surface area contributed by atoms with Gasteiger partial charge in [0, 0.05) is 29.7 Å². The van der Waals surface area contributed by atoms with Gasteiger partial charge in [-0.2, -0.15) is 0 Å². The number of aryl methyl sites for hydroxylation is 1. The molecule has 0 N–H and O–H groups in total. The number of carbonyl (C=O) groups is 2. The van der Waals surface area contributed by atoms with E-state index in [2.05, 4.69) is 22.8 Å². The Morgan fingerprint density at radius 3 is 2.69 bits per heavy atom. The quantitative estimate of drug-likeness (QED) is 0.558. The van der Waals surface area contributed by atoms with E-state index in [1.807, 2.05) is 0 Å². The molecule has 1 saturated carbocycles. The van der Waals surface area contributed by atoms with Crippen molar-refractivity contribution < 1.29 is 14.3 Å². The van der Waals surface area contributed by atoms with Crippen molar-refractivity contribution in [1.29, 1.82) is 0 Å². The molecule has 1 unspecified atom stereocenters. The fraction of sp³-hybridized carbons (Fsp3) is 0.583. The summed E-state index contributed by atoms with van der Waals surface area (Å²) in [5.74, 6) is -0.508. The molecule has 3 aliphatic rings. The Morgan fingerprint density at radius 2 is 1.90 bits per heavy atom. The summed E-state index contributed by atoms with van der Waals surface area (Å²) in [5, 5.41) is 1.37. The Hall–Kier alpha value is -2.30. The number of ether oxygens (including phenoxy) is 1. The van der Waals surface area contributed by atoms with Crippen molar-refractivity contribution in [2.75, 3.05) is 13.2 Å². The first kappa shape index (κ1) is 18.7. The summed E-state index contributed by atoms with van der Waals surface area (Å²) in [7, 11) is 0. The lowest BCUT2D eigenvalue weighted by molar-refractivity contribution is -0.162. The molecule has 2 heterocycles. The van der Waals surface area contributed by atoms with E-state index >= 15 is 0 Å². The van der Waals surface area contributed by atoms with Crippen molar-refractivity contribution in [1.82, 2.24) is 9.47 Å². The van der Waals surface area contributed by atoms with Gasteiger partial charge in [-0.1, -0.05) is 25.3 Å². The average Bonchev–Trinajstić information content (AvgIpc) is 3.09. The van der Waals surface area contributed by atoms with Gasteiger partial charge in [0.15, 0.2) is 0 Å². The first-order chi connectivity index (χ1) is 14.2. The van der Waals surface area contributed by atoms with E-state index in [1.165, 1.54) is 59.8 Å². The maximum absolute atomic E-state index is 12.7. The number of amides is 1. The second kappa shape index (κ2) is 7.51. The Bertz CT molecular complexity index is 955. The zero-order valence-electron chi connectivity index (χ0n) is 17.3. The second-order valence-corrected chi connectivity index (χ2v) is 8.75. The molecule has 2 aliphatic carbocycles. The van der Waals surface area contributed by atoms with E-state index in [4.69, 9.17) is 4.74 Å². The molecule has 2 aromatic rings. The zero-order chi connectivity index (χ0) is 20.0. The van der Waals surface area contributed by atoms with Crippen LogP contribution in [0, 0.1) is 0 Å². The maximum Gasteiger partial charge on any atom is 0.397 e. The van der Waals surface area contributed by atoms with E-state index in [0.717, 1.165) is 25.8 Å². The molecule has 0 radical (unpaired) electrons. The number of rotatable bonds is 2. The SMILES string of the molecule is CCOC(=O)C(=O)N1CCn2c3c(c4cc(C5CCCCC5)ccc42)CCCC31. The van der Waals surface area contributed by atoms with Crippen LogP contribution in [0.15, 0.2) is 18.2 Å². The molecule has 1 amide bonds. The van der Waals surface area contributed by atoms with Crippen molar-refractivity contribution in [3.63, 3.8) is 0 Å². The molecule has 5 nitrogen and oxygen atoms in total. The molecular formula is C24H30N2O3. The van der Waals surface area contributed by atoms with E-state index in [-0.39, 0.29) is 12.6 Å². The van der Waals surface area contributed by atoms with Crippen LogP contribution in [0.25, 0.3) is 10.9 Å². The number of aromatic nitrogens is 1. The molecule has 5 rings (SSSR count). The maximum atomic E-state index is 12.7. The highest BCUT2D eigenvalue weighted by atomic mass is 16.5. The minimum atomic E-state index is -0.719. The molecule has 1 aromatic carbocycles. The van der Waals surface area contributed by atoms with Gasteiger partial charge in [-0.05, 0) is 68.2 Å². The van der Waals surface area contributed by atoms with Gasteiger partial charge in [0.25, 0.3) is 0 Å². The molecule has 0 spiro atoms. The predicted octanol–water partition coefficient (Wildman–Crippen LogP) is 4.47. The Balaban J connectivity index is 1.54. The first-order valence-electron chi connectivity index (χ1n) is 11.3. The molecule has 1 aromatic heterocycles. The summed E-state index contributed by atoms with van der Waals surface area (Å²) in [6.07, 6.45) is 9.70. The Labute approximate surface area is 172 Å². The Morgan fingerprint density at radius 1 is 1.07 bits per heavy atom. The predicted molar refractivity (Wildman–Crippen MR) is 112 cm³/mol. The summed E-state index contributed by atoms with van der Waals surface area (Å²) in [6, 6.07) is 7.07. The van der Waals surface area contributed by atoms with Crippen LogP contribution < -0.4 is 0 Å². The average molecular weight is 395 g/mol. The third kappa shape index (κ3) is 3.06. The van der Waals surface area contributed by atoms with Crippen LogP contribution in [0.5, 0.6) is 0 Å². The lowest BCUT2D eigenvalue weighted by atomic mass is 9.83. The molecule has 29 heavy (non-hydrogen) atoms. The highest BCUT2D eigenvalue weighted by molar-refractivity contribution is 6.32. The Kier molecular flexibility index (Phi) is 4.84. The van der Waals surface area contributed by atoms with Crippen LogP contribution in [0.2, 0.25) is 0 Å². The van der Waals surface area contributed by atoms with Crippen molar-refractivity contribution in [2.45, 2.75) is 76.8 Å². The van der Waals surface area contributed by atoms with Crippen LogP contribution in [0.4, 0.5) is 0 Å². The van der Waals surface area contributed by atoms with Gasteiger partial charge in [-0.15, -0.1) is 0 Å². The zero-order valence-corrected chi connectivity index (χ0v) is 17.3. The van der Waals surface area contributed by atoms with Crippen molar-refractivity contribution >= 4 is 22.8 Å². The fourth-order valence-electron chi connectivity index (χ4n) is 5.86. The number of hydrogen-bond donors (Lipinski definition) is 0. The minimum absolute atomic E-state index is 0.00469. The molecule has 5 heteroatoms. The molecular weight excluding hydrogens is 364 g/mol. The lowest BCUT2D eigenvalue weighted by Gasteiger charge is -2.39. The highest BCUT2D eigenvalue weighted by Gasteiger charge is 2.39. The largest absolute Gasteiger partial charge is 0.459 e. The summed E-state index contributed by atoms with van der Waals surface area (Å²) in [5.41, 5.74) is 5.44. The number of hydrogen-bond acceptors (Lipinski definition) is 3. The van der Waals surface area contributed by atoms with E-state index in [9.17, 15) is 9.59 Å². The number of fused-ring (bicyclic) bond motifs is 3. The van der Waals surface area contributed by atoms with Crippen LogP contribution in [0.1, 0.15) is 80.7 Å². The molecule has 1 fully saturated rings. The smallest absolute Gasteiger partial charge is 0.397 e. The third-order valence-electron chi connectivity index (χ3n) is 7.18. The summed E-state index contributed by atoms with van der Waals surface area (Å²) >= 11 is 0. The summed E-state index contributed by atoms with van der Waals surface area (Å²) < 4.78 is 7.40. The standard InChI is InChI=1S/C24H30N2O3/c1-2-29-24(28)23(27)26-14-13-25-20-12-11-17(16-7-4-3-5-8-16)15-19(20)18-9-6-10-21(26)22(18)25/h11-12,15-16,21H,2-10,13-14H2,1H3. The highest BCUT2D eigenvalue weighted by Crippen LogP contribution is 2.44. The van der Waals surface area contributed by atoms with Gasteiger partial charge in [-0.25, -0.2) is 4.79 Å². The molecule has 1 atom stereocenters. The fourth-order valence-corrected chi connectivity index (χ4v) is 5.86. The van der Waals surface area contributed by atoms with E-state index in [1.54, 1.807) is 11.8 Å². The number of esters is 1. The van der Waals surface area contributed by atoms with Gasteiger partial charge < -0.3 is 14.2 Å². The van der Waals surface area contributed by atoms with Gasteiger partial charge in [0.05, 0.1) is 12.6 Å². The van der Waals surface area contributed by atoms with Crippen LogP contribution in [-0.2, 0) is 27.3 Å². The topological polar surface area (TPSA) is 51.5 Å². The number of nitrogens with zero attached hydrogens (tertiary/aromatic N) is 2. The molecule has 1 aliphatic heterocycles. The van der Waals surface area contributed by atoms with Crippen molar-refractivity contribution in [3.8, 4) is 0 Å². The third-order valence-corrected chi connectivity index (χ3v) is 7.18.